The topological polar surface area (TPSA) is 70.7 Å². The zero-order chi connectivity index (χ0) is 17.7. The van der Waals surface area contributed by atoms with Crippen LogP contribution in [-0.4, -0.2) is 59.2 Å². The molecule has 0 bridgehead atoms. The summed E-state index contributed by atoms with van der Waals surface area (Å²) in [5.41, 5.74) is 0. The van der Waals surface area contributed by atoms with Crippen molar-refractivity contribution in [2.75, 3.05) is 45.9 Å². The quantitative estimate of drug-likeness (QED) is 0.624. The molecule has 1 saturated carbocycles. The maximum absolute atomic E-state index is 12.7. The van der Waals surface area contributed by atoms with Crippen LogP contribution in [0, 0.1) is 5.92 Å². The Balaban J connectivity index is 0.00000182. The highest BCUT2D eigenvalue weighted by atomic mass is 35.5. The van der Waals surface area contributed by atoms with Crippen LogP contribution in [0.1, 0.15) is 19.3 Å². The first-order chi connectivity index (χ1) is 12.0. The van der Waals surface area contributed by atoms with E-state index in [0.29, 0.717) is 36.4 Å². The highest BCUT2D eigenvalue weighted by Gasteiger charge is 2.23. The molecule has 3 rings (SSSR count). The van der Waals surface area contributed by atoms with Gasteiger partial charge in [0.1, 0.15) is 10.6 Å². The minimum absolute atomic E-state index is 0. The van der Waals surface area contributed by atoms with Crippen LogP contribution in [0.3, 0.4) is 0 Å². The minimum Gasteiger partial charge on any atom is -0.492 e. The molecule has 1 heterocycles. The molecule has 1 aliphatic heterocycles. The second-order valence-corrected chi connectivity index (χ2v) is 8.86. The van der Waals surface area contributed by atoms with E-state index in [0.717, 1.165) is 39.0 Å². The second-order valence-electron chi connectivity index (χ2n) is 6.69. The Morgan fingerprint density at radius 1 is 1.22 bits per heavy atom. The van der Waals surface area contributed by atoms with E-state index in [9.17, 15) is 8.42 Å². The first-order valence-electron chi connectivity index (χ1n) is 8.90. The van der Waals surface area contributed by atoms with E-state index < -0.39 is 10.0 Å². The fourth-order valence-corrected chi connectivity index (χ4v) is 4.46. The van der Waals surface area contributed by atoms with Crippen molar-refractivity contribution in [1.82, 2.24) is 14.9 Å². The zero-order valence-electron chi connectivity index (χ0n) is 15.2. The third kappa shape index (κ3) is 7.24. The fourth-order valence-electron chi connectivity index (χ4n) is 3.03. The van der Waals surface area contributed by atoms with E-state index in [1.165, 1.54) is 12.5 Å². The van der Waals surface area contributed by atoms with Crippen molar-refractivity contribution in [2.24, 2.45) is 5.92 Å². The van der Waals surface area contributed by atoms with E-state index in [-0.39, 0.29) is 29.7 Å². The molecule has 0 aromatic heterocycles. The van der Waals surface area contributed by atoms with Crippen LogP contribution in [0.4, 0.5) is 0 Å². The van der Waals surface area contributed by atoms with Crippen LogP contribution in [0.15, 0.2) is 23.1 Å². The monoisotopic (exact) mass is 459 g/mol. The molecule has 10 heteroatoms. The molecule has 27 heavy (non-hydrogen) atoms. The molecule has 2 aliphatic rings. The van der Waals surface area contributed by atoms with Crippen LogP contribution in [-0.2, 0) is 10.0 Å². The molecule has 1 saturated heterocycles. The summed E-state index contributed by atoms with van der Waals surface area (Å²) in [5, 5.41) is 3.67. The smallest absolute Gasteiger partial charge is 0.244 e. The van der Waals surface area contributed by atoms with Gasteiger partial charge in [-0.1, -0.05) is 18.0 Å². The fraction of sp³-hybridized carbons (Fsp3) is 0.647. The molecule has 2 fully saturated rings. The maximum atomic E-state index is 12.7. The predicted octanol–water partition coefficient (Wildman–Crippen LogP) is 2.55. The Hall–Kier alpha value is -0.280. The van der Waals surface area contributed by atoms with Gasteiger partial charge in [0.25, 0.3) is 0 Å². The van der Waals surface area contributed by atoms with E-state index >= 15 is 0 Å². The van der Waals surface area contributed by atoms with Gasteiger partial charge in [-0.3, -0.25) is 4.90 Å². The van der Waals surface area contributed by atoms with Crippen molar-refractivity contribution in [1.29, 1.82) is 0 Å². The van der Waals surface area contributed by atoms with E-state index in [4.69, 9.17) is 16.3 Å². The van der Waals surface area contributed by atoms with Gasteiger partial charge in [-0.25, -0.2) is 13.1 Å². The van der Waals surface area contributed by atoms with Crippen molar-refractivity contribution in [3.8, 4) is 5.75 Å². The summed E-state index contributed by atoms with van der Waals surface area (Å²) >= 11 is 6.02. The SMILES string of the molecule is Cl.Cl.O=S(=O)(NCCN1CCNCC1)c1cc(Cl)ccc1OCC1CCC1. The Kier molecular flexibility index (Phi) is 10.7. The number of ether oxygens (including phenoxy) is 1. The maximum Gasteiger partial charge on any atom is 0.244 e. The Bertz CT molecular complexity index is 681. The van der Waals surface area contributed by atoms with Gasteiger partial charge < -0.3 is 10.1 Å². The molecular formula is C17H28Cl3N3O3S. The first kappa shape index (κ1) is 24.8. The van der Waals surface area contributed by atoms with Gasteiger partial charge in [0.15, 0.2) is 0 Å². The Morgan fingerprint density at radius 3 is 2.56 bits per heavy atom. The van der Waals surface area contributed by atoms with Crippen molar-refractivity contribution in [3.05, 3.63) is 23.2 Å². The average molecular weight is 461 g/mol. The standard InChI is InChI=1S/C17H26ClN3O3S.2ClH/c18-15-4-5-16(24-13-14-2-1-3-14)17(12-15)25(22,23)20-8-11-21-9-6-19-7-10-21;;/h4-5,12,14,19-20H,1-3,6-11,13H2;2*1H. The number of hydrogen-bond acceptors (Lipinski definition) is 5. The normalized spacial score (nSPS) is 18.1. The molecule has 0 radical (unpaired) electrons. The number of nitrogens with one attached hydrogen (secondary N) is 2. The third-order valence-corrected chi connectivity index (χ3v) is 6.54. The molecule has 0 unspecified atom stereocenters. The van der Waals surface area contributed by atoms with Crippen molar-refractivity contribution in [3.63, 3.8) is 0 Å². The lowest BCUT2D eigenvalue weighted by atomic mass is 9.86. The number of nitrogens with zero attached hydrogens (tertiary/aromatic N) is 1. The summed E-state index contributed by atoms with van der Waals surface area (Å²) in [7, 11) is -3.65. The van der Waals surface area contributed by atoms with Crippen molar-refractivity contribution >= 4 is 46.4 Å². The number of rotatable bonds is 8. The highest BCUT2D eigenvalue weighted by Crippen LogP contribution is 2.31. The molecule has 2 N–H and O–H groups in total. The molecule has 1 aromatic rings. The van der Waals surface area contributed by atoms with Crippen LogP contribution >= 0.6 is 36.4 Å². The molecule has 0 amide bonds. The lowest BCUT2D eigenvalue weighted by Crippen LogP contribution is -2.46. The number of piperazine rings is 1. The van der Waals surface area contributed by atoms with Gasteiger partial charge in [-0.2, -0.15) is 0 Å². The van der Waals surface area contributed by atoms with E-state index in [1.54, 1.807) is 12.1 Å². The van der Waals surface area contributed by atoms with Gasteiger partial charge in [0, 0.05) is 44.3 Å². The lowest BCUT2D eigenvalue weighted by molar-refractivity contribution is 0.177. The summed E-state index contributed by atoms with van der Waals surface area (Å²) in [4.78, 5) is 2.37. The van der Waals surface area contributed by atoms with Gasteiger partial charge in [0.2, 0.25) is 10.0 Å². The third-order valence-electron chi connectivity index (χ3n) is 4.82. The minimum atomic E-state index is -3.65. The molecule has 6 nitrogen and oxygen atoms in total. The largest absolute Gasteiger partial charge is 0.492 e. The van der Waals surface area contributed by atoms with E-state index in [1.807, 2.05) is 0 Å². The van der Waals surface area contributed by atoms with E-state index in [2.05, 4.69) is 14.9 Å². The average Bonchev–Trinajstić information content (AvgIpc) is 2.55. The molecular weight excluding hydrogens is 433 g/mol. The summed E-state index contributed by atoms with van der Waals surface area (Å²) < 4.78 is 33.8. The summed E-state index contributed by atoms with van der Waals surface area (Å²) in [6.45, 7) is 5.39. The van der Waals surface area contributed by atoms with Crippen LogP contribution < -0.4 is 14.8 Å². The molecule has 1 aliphatic carbocycles. The van der Waals surface area contributed by atoms with Crippen LogP contribution in [0.5, 0.6) is 5.75 Å². The first-order valence-corrected chi connectivity index (χ1v) is 10.8. The van der Waals surface area contributed by atoms with Gasteiger partial charge in [-0.05, 0) is 37.0 Å². The second kappa shape index (κ2) is 11.7. The summed E-state index contributed by atoms with van der Waals surface area (Å²) in [5.74, 6) is 0.915. The number of benzene rings is 1. The van der Waals surface area contributed by atoms with Gasteiger partial charge in [-0.15, -0.1) is 24.8 Å². The summed E-state index contributed by atoms with van der Waals surface area (Å²) in [6, 6.07) is 4.77. The Morgan fingerprint density at radius 2 is 1.93 bits per heavy atom. The van der Waals surface area contributed by atoms with Gasteiger partial charge in [0.05, 0.1) is 6.61 Å². The van der Waals surface area contributed by atoms with Crippen molar-refractivity contribution in [2.45, 2.75) is 24.2 Å². The molecule has 0 atom stereocenters. The number of sulfonamides is 1. The number of hydrogen-bond donors (Lipinski definition) is 2. The molecule has 1 aromatic carbocycles. The highest BCUT2D eigenvalue weighted by molar-refractivity contribution is 7.89. The zero-order valence-corrected chi connectivity index (χ0v) is 18.4. The van der Waals surface area contributed by atoms with Crippen LogP contribution in [0.25, 0.3) is 0 Å². The molecule has 156 valence electrons. The van der Waals surface area contributed by atoms with Crippen molar-refractivity contribution < 1.29 is 13.2 Å². The summed E-state index contributed by atoms with van der Waals surface area (Å²) in [6.07, 6.45) is 3.53. The van der Waals surface area contributed by atoms with Gasteiger partial charge >= 0.3 is 0 Å². The lowest BCUT2D eigenvalue weighted by Gasteiger charge is -2.27. The predicted molar refractivity (Wildman–Crippen MR) is 113 cm³/mol. The molecule has 0 spiro atoms. The van der Waals surface area contributed by atoms with Crippen LogP contribution in [0.2, 0.25) is 5.02 Å². The number of halogens is 3. The Labute approximate surface area is 179 Å².